The molecule has 0 spiro atoms. The highest BCUT2D eigenvalue weighted by Gasteiger charge is 1.98. The second-order valence-corrected chi connectivity index (χ2v) is 5.36. The summed E-state index contributed by atoms with van der Waals surface area (Å²) < 4.78 is 0. The molecule has 0 aromatic carbocycles. The number of carbonyl (C=O) groups excluding carboxylic acids is 1. The Kier molecular flexibility index (Phi) is 16.5. The molecule has 0 bridgehead atoms. The van der Waals surface area contributed by atoms with Crippen molar-refractivity contribution in [2.75, 3.05) is 26.2 Å². The van der Waals surface area contributed by atoms with Gasteiger partial charge in [-0.25, -0.2) is 0 Å². The van der Waals surface area contributed by atoms with Gasteiger partial charge in [0.15, 0.2) is 0 Å². The van der Waals surface area contributed by atoms with E-state index in [-0.39, 0.29) is 5.91 Å². The van der Waals surface area contributed by atoms with Crippen molar-refractivity contribution in [1.29, 1.82) is 0 Å². The molecule has 0 aromatic heterocycles. The molecule has 0 fully saturated rings. The molecular weight excluding hydrogens is 264 g/mol. The molecule has 3 N–H and O–H groups in total. The predicted octanol–water partition coefficient (Wildman–Crippen LogP) is 2.77. The fraction of sp³-hybridized carbons (Fsp3) is 0.824. The molecule has 0 radical (unpaired) electrons. The average molecular weight is 298 g/mol. The van der Waals surface area contributed by atoms with Crippen LogP contribution in [0.2, 0.25) is 0 Å². The number of amides is 1. The van der Waals surface area contributed by atoms with E-state index in [4.69, 9.17) is 5.11 Å². The van der Waals surface area contributed by atoms with Crippen LogP contribution < -0.4 is 10.6 Å². The maximum absolute atomic E-state index is 11.5. The smallest absolute Gasteiger partial charge is 0.220 e. The molecule has 0 atom stereocenters. The molecular formula is C17H34N2O2. The Morgan fingerprint density at radius 2 is 1.67 bits per heavy atom. The van der Waals surface area contributed by atoms with E-state index >= 15 is 0 Å². The molecule has 0 aliphatic rings. The normalized spacial score (nSPS) is 11.1. The van der Waals surface area contributed by atoms with Crippen LogP contribution in [0.1, 0.15) is 64.7 Å². The van der Waals surface area contributed by atoms with Crippen LogP contribution in [0.3, 0.4) is 0 Å². The van der Waals surface area contributed by atoms with E-state index in [1.165, 1.54) is 25.7 Å². The van der Waals surface area contributed by atoms with E-state index < -0.39 is 0 Å². The van der Waals surface area contributed by atoms with Crippen molar-refractivity contribution in [3.8, 4) is 0 Å². The number of hydrogen-bond acceptors (Lipinski definition) is 3. The van der Waals surface area contributed by atoms with E-state index in [0.717, 1.165) is 38.8 Å². The third kappa shape index (κ3) is 17.1. The Bertz CT molecular complexity index is 255. The van der Waals surface area contributed by atoms with Crippen LogP contribution in [-0.4, -0.2) is 37.3 Å². The van der Waals surface area contributed by atoms with Gasteiger partial charge in [0.05, 0.1) is 0 Å². The lowest BCUT2D eigenvalue weighted by Crippen LogP contribution is -2.31. The second kappa shape index (κ2) is 17.2. The summed E-state index contributed by atoms with van der Waals surface area (Å²) in [5.41, 5.74) is 0. The summed E-state index contributed by atoms with van der Waals surface area (Å²) in [7, 11) is 0. The van der Waals surface area contributed by atoms with Crippen LogP contribution in [0, 0.1) is 0 Å². The molecule has 4 heteroatoms. The topological polar surface area (TPSA) is 61.4 Å². The summed E-state index contributed by atoms with van der Waals surface area (Å²) in [6, 6.07) is 0. The molecule has 0 aromatic rings. The molecule has 4 nitrogen and oxygen atoms in total. The number of hydrogen-bond donors (Lipinski definition) is 3. The minimum atomic E-state index is 0.140. The van der Waals surface area contributed by atoms with Gasteiger partial charge in [-0.1, -0.05) is 44.8 Å². The first kappa shape index (κ1) is 20.1. The van der Waals surface area contributed by atoms with Gasteiger partial charge in [0.2, 0.25) is 5.91 Å². The minimum absolute atomic E-state index is 0.140. The van der Waals surface area contributed by atoms with Crippen molar-refractivity contribution in [3.63, 3.8) is 0 Å². The van der Waals surface area contributed by atoms with Crippen LogP contribution in [-0.2, 0) is 4.79 Å². The van der Waals surface area contributed by atoms with Gasteiger partial charge in [-0.05, 0) is 32.2 Å². The fourth-order valence-corrected chi connectivity index (χ4v) is 2.07. The Balaban J connectivity index is 3.14. The summed E-state index contributed by atoms with van der Waals surface area (Å²) in [6.45, 7) is 5.00. The zero-order chi connectivity index (χ0) is 15.6. The van der Waals surface area contributed by atoms with Crippen molar-refractivity contribution >= 4 is 5.91 Å². The van der Waals surface area contributed by atoms with Gasteiger partial charge in [0.1, 0.15) is 0 Å². The number of carbonyl (C=O) groups is 1. The van der Waals surface area contributed by atoms with Crippen molar-refractivity contribution in [2.45, 2.75) is 64.7 Å². The third-order valence-corrected chi connectivity index (χ3v) is 3.33. The molecule has 124 valence electrons. The summed E-state index contributed by atoms with van der Waals surface area (Å²) in [6.07, 6.45) is 13.6. The molecule has 0 rings (SSSR count). The average Bonchev–Trinajstić information content (AvgIpc) is 2.49. The van der Waals surface area contributed by atoms with Crippen LogP contribution in [0.5, 0.6) is 0 Å². The van der Waals surface area contributed by atoms with Crippen LogP contribution >= 0.6 is 0 Å². The number of allylic oxidation sites excluding steroid dienone is 2. The van der Waals surface area contributed by atoms with Gasteiger partial charge in [0, 0.05) is 26.1 Å². The Morgan fingerprint density at radius 3 is 2.38 bits per heavy atom. The molecule has 0 heterocycles. The van der Waals surface area contributed by atoms with Gasteiger partial charge < -0.3 is 15.7 Å². The lowest BCUT2D eigenvalue weighted by molar-refractivity contribution is -0.120. The number of aliphatic hydroxyl groups is 1. The first-order valence-electron chi connectivity index (χ1n) is 8.54. The fourth-order valence-electron chi connectivity index (χ4n) is 2.07. The maximum Gasteiger partial charge on any atom is 0.220 e. The van der Waals surface area contributed by atoms with E-state index in [2.05, 4.69) is 29.7 Å². The van der Waals surface area contributed by atoms with E-state index in [9.17, 15) is 4.79 Å². The highest BCUT2D eigenvalue weighted by molar-refractivity contribution is 5.75. The number of rotatable bonds is 15. The molecule has 0 aliphatic heterocycles. The highest BCUT2D eigenvalue weighted by atomic mass is 16.2. The predicted molar refractivity (Wildman–Crippen MR) is 89.3 cm³/mol. The van der Waals surface area contributed by atoms with E-state index in [1.807, 2.05) is 0 Å². The van der Waals surface area contributed by atoms with Gasteiger partial charge in [0.25, 0.3) is 0 Å². The monoisotopic (exact) mass is 298 g/mol. The van der Waals surface area contributed by atoms with E-state index in [1.54, 1.807) is 0 Å². The Morgan fingerprint density at radius 1 is 0.952 bits per heavy atom. The van der Waals surface area contributed by atoms with Crippen molar-refractivity contribution in [1.82, 2.24) is 10.6 Å². The standard InChI is InChI=1S/C17H34N2O2/c1-2-3-4-9-12-17(21)19-15-14-18-13-10-7-5-6-8-11-16-20/h3-4,18,20H,2,5-16H2,1H3,(H,19,21)/b4-3+. The molecule has 1 amide bonds. The lowest BCUT2D eigenvalue weighted by atomic mass is 10.1. The van der Waals surface area contributed by atoms with Crippen LogP contribution in [0.4, 0.5) is 0 Å². The molecule has 0 saturated carbocycles. The largest absolute Gasteiger partial charge is 0.396 e. The van der Waals surface area contributed by atoms with Gasteiger partial charge in [-0.15, -0.1) is 0 Å². The number of nitrogens with one attached hydrogen (secondary N) is 2. The minimum Gasteiger partial charge on any atom is -0.396 e. The molecule has 0 aliphatic carbocycles. The summed E-state index contributed by atoms with van der Waals surface area (Å²) >= 11 is 0. The van der Waals surface area contributed by atoms with Gasteiger partial charge in [-0.3, -0.25) is 4.79 Å². The number of aliphatic hydroxyl groups excluding tert-OH is 1. The van der Waals surface area contributed by atoms with Crippen LogP contribution in [0.25, 0.3) is 0 Å². The summed E-state index contributed by atoms with van der Waals surface area (Å²) in [4.78, 5) is 11.5. The third-order valence-electron chi connectivity index (χ3n) is 3.33. The number of unbranched alkanes of at least 4 members (excludes halogenated alkanes) is 5. The first-order valence-corrected chi connectivity index (χ1v) is 8.54. The van der Waals surface area contributed by atoms with Gasteiger partial charge >= 0.3 is 0 Å². The Hall–Kier alpha value is -0.870. The zero-order valence-electron chi connectivity index (χ0n) is 13.7. The molecule has 0 unspecified atom stereocenters. The van der Waals surface area contributed by atoms with Gasteiger partial charge in [-0.2, -0.15) is 0 Å². The van der Waals surface area contributed by atoms with Crippen LogP contribution in [0.15, 0.2) is 12.2 Å². The lowest BCUT2D eigenvalue weighted by Gasteiger charge is -2.06. The SMILES string of the molecule is CC/C=C/CCC(=O)NCCNCCCCCCCCO. The zero-order valence-corrected chi connectivity index (χ0v) is 13.7. The van der Waals surface area contributed by atoms with Crippen molar-refractivity contribution < 1.29 is 9.90 Å². The quantitative estimate of drug-likeness (QED) is 0.322. The molecule has 21 heavy (non-hydrogen) atoms. The summed E-state index contributed by atoms with van der Waals surface area (Å²) in [5, 5.41) is 14.9. The van der Waals surface area contributed by atoms with Crippen molar-refractivity contribution in [3.05, 3.63) is 12.2 Å². The molecule has 0 saturated heterocycles. The van der Waals surface area contributed by atoms with Crippen molar-refractivity contribution in [2.24, 2.45) is 0 Å². The Labute approximate surface area is 130 Å². The second-order valence-electron chi connectivity index (χ2n) is 5.36. The first-order chi connectivity index (χ1) is 10.3. The highest BCUT2D eigenvalue weighted by Crippen LogP contribution is 2.04. The van der Waals surface area contributed by atoms with E-state index in [0.29, 0.717) is 19.6 Å². The summed E-state index contributed by atoms with van der Waals surface area (Å²) in [5.74, 6) is 0.140. The maximum atomic E-state index is 11.5.